The maximum Gasteiger partial charge on any atom is 0.138 e. The van der Waals surface area contributed by atoms with Crippen molar-refractivity contribution in [1.82, 2.24) is 0 Å². The van der Waals surface area contributed by atoms with Crippen LogP contribution in [0.25, 0.3) is 0 Å². The van der Waals surface area contributed by atoms with Gasteiger partial charge in [0.25, 0.3) is 0 Å². The van der Waals surface area contributed by atoms with Crippen LogP contribution in [0.3, 0.4) is 0 Å². The van der Waals surface area contributed by atoms with Gasteiger partial charge >= 0.3 is 0 Å². The fraction of sp³-hybridized carbons (Fsp3) is 0.400. The molecule has 1 atom stereocenters. The quantitative estimate of drug-likeness (QED) is 0.438. The summed E-state index contributed by atoms with van der Waals surface area (Å²) < 4.78 is 0. The molecule has 84 valence electrons. The number of hydrogen-bond acceptors (Lipinski definition) is 5. The van der Waals surface area contributed by atoms with E-state index in [2.05, 4.69) is 0 Å². The van der Waals surface area contributed by atoms with Crippen LogP contribution in [0, 0.1) is 0 Å². The van der Waals surface area contributed by atoms with Crippen LogP contribution in [0.4, 0.5) is 5.69 Å². The second-order valence-corrected chi connectivity index (χ2v) is 4.27. The van der Waals surface area contributed by atoms with Gasteiger partial charge in [-0.05, 0) is 17.7 Å². The summed E-state index contributed by atoms with van der Waals surface area (Å²) >= 11 is 1.49. The van der Waals surface area contributed by atoms with Crippen molar-refractivity contribution in [2.24, 2.45) is 0 Å². The summed E-state index contributed by atoms with van der Waals surface area (Å²) in [6.45, 7) is -0.222. The molecule has 0 heterocycles. The van der Waals surface area contributed by atoms with E-state index < -0.39 is 6.10 Å². The van der Waals surface area contributed by atoms with Crippen molar-refractivity contribution in [2.75, 3.05) is 18.1 Å². The molecular weight excluding hydrogens is 214 g/mol. The van der Waals surface area contributed by atoms with E-state index >= 15 is 0 Å². The molecule has 1 aromatic carbocycles. The molecule has 0 saturated heterocycles. The van der Waals surface area contributed by atoms with E-state index in [1.165, 1.54) is 11.8 Å². The van der Waals surface area contributed by atoms with Gasteiger partial charge in [-0.15, -0.1) is 0 Å². The second-order valence-electron chi connectivity index (χ2n) is 3.24. The van der Waals surface area contributed by atoms with Crippen LogP contribution in [0.15, 0.2) is 18.2 Å². The third-order valence-corrected chi connectivity index (χ3v) is 3.04. The Balaban J connectivity index is 2.41. The maximum absolute atomic E-state index is 9.33. The number of aliphatic hydroxyl groups is 2. The first kappa shape index (κ1) is 12.2. The molecule has 1 rings (SSSR count). The van der Waals surface area contributed by atoms with Crippen molar-refractivity contribution < 1.29 is 15.3 Å². The van der Waals surface area contributed by atoms with Gasteiger partial charge in [0.15, 0.2) is 0 Å². The minimum Gasteiger partial charge on any atom is -0.506 e. The molecule has 15 heavy (non-hydrogen) atoms. The Morgan fingerprint density at radius 2 is 2.13 bits per heavy atom. The van der Waals surface area contributed by atoms with Gasteiger partial charge in [-0.1, -0.05) is 6.07 Å². The third-order valence-electron chi connectivity index (χ3n) is 1.88. The highest BCUT2D eigenvalue weighted by molar-refractivity contribution is 7.98. The molecule has 0 saturated carbocycles. The zero-order valence-electron chi connectivity index (χ0n) is 8.26. The van der Waals surface area contributed by atoms with Crippen LogP contribution in [0.1, 0.15) is 5.56 Å². The second kappa shape index (κ2) is 5.85. The summed E-state index contributed by atoms with van der Waals surface area (Å²) in [6, 6.07) is 5.08. The third kappa shape index (κ3) is 3.99. The van der Waals surface area contributed by atoms with Crippen molar-refractivity contribution in [2.45, 2.75) is 11.9 Å². The van der Waals surface area contributed by atoms with Gasteiger partial charge in [-0.25, -0.2) is 0 Å². The number of phenolic OH excluding ortho intramolecular Hbond substituents is 1. The van der Waals surface area contributed by atoms with E-state index in [4.69, 9.17) is 15.9 Å². The van der Waals surface area contributed by atoms with Crippen LogP contribution in [-0.2, 0) is 5.75 Å². The van der Waals surface area contributed by atoms with E-state index in [9.17, 15) is 5.11 Å². The van der Waals surface area contributed by atoms with Crippen molar-refractivity contribution in [3.8, 4) is 5.75 Å². The molecule has 0 aliphatic carbocycles. The molecule has 0 radical (unpaired) electrons. The highest BCUT2D eigenvalue weighted by atomic mass is 32.2. The van der Waals surface area contributed by atoms with Gasteiger partial charge in [0, 0.05) is 11.5 Å². The normalized spacial score (nSPS) is 12.7. The van der Waals surface area contributed by atoms with E-state index in [0.717, 1.165) is 5.56 Å². The highest BCUT2D eigenvalue weighted by Gasteiger charge is 2.03. The van der Waals surface area contributed by atoms with Crippen LogP contribution in [0.2, 0.25) is 0 Å². The Kier molecular flexibility index (Phi) is 4.74. The van der Waals surface area contributed by atoms with Crippen molar-refractivity contribution in [3.63, 3.8) is 0 Å². The molecule has 5 heteroatoms. The molecule has 0 fully saturated rings. The number of anilines is 1. The molecule has 0 spiro atoms. The Bertz CT molecular complexity index is 320. The molecule has 0 bridgehead atoms. The van der Waals surface area contributed by atoms with E-state index in [-0.39, 0.29) is 12.4 Å². The molecule has 4 nitrogen and oxygen atoms in total. The molecule has 5 N–H and O–H groups in total. The lowest BCUT2D eigenvalue weighted by Gasteiger charge is -2.07. The topological polar surface area (TPSA) is 86.7 Å². The Hall–Kier alpha value is -0.910. The summed E-state index contributed by atoms with van der Waals surface area (Å²) in [7, 11) is 0. The zero-order valence-corrected chi connectivity index (χ0v) is 9.07. The van der Waals surface area contributed by atoms with Gasteiger partial charge in [-0.2, -0.15) is 11.8 Å². The van der Waals surface area contributed by atoms with Crippen molar-refractivity contribution >= 4 is 17.4 Å². The Morgan fingerprint density at radius 1 is 1.40 bits per heavy atom. The minimum atomic E-state index is -0.683. The minimum absolute atomic E-state index is 0.0795. The number of hydrogen-bond donors (Lipinski definition) is 4. The van der Waals surface area contributed by atoms with Gasteiger partial charge < -0.3 is 21.1 Å². The average Bonchev–Trinajstić information content (AvgIpc) is 2.23. The number of nitrogens with two attached hydrogens (primary N) is 1. The summed E-state index contributed by atoms with van der Waals surface area (Å²) in [4.78, 5) is 0. The number of thioether (sulfide) groups is 1. The lowest BCUT2D eigenvalue weighted by Crippen LogP contribution is -2.14. The summed E-state index contributed by atoms with van der Waals surface area (Å²) in [5, 5.41) is 27.0. The SMILES string of the molecule is Nc1ccc(CSCC(O)CO)cc1O. The lowest BCUT2D eigenvalue weighted by molar-refractivity contribution is 0.113. The lowest BCUT2D eigenvalue weighted by atomic mass is 10.2. The van der Waals surface area contributed by atoms with E-state index in [0.29, 0.717) is 17.2 Å². The van der Waals surface area contributed by atoms with E-state index in [1.54, 1.807) is 12.1 Å². The molecule has 0 aromatic heterocycles. The summed E-state index contributed by atoms with van der Waals surface area (Å²) in [6.07, 6.45) is -0.683. The zero-order chi connectivity index (χ0) is 11.3. The first-order chi connectivity index (χ1) is 7.13. The van der Waals surface area contributed by atoms with Gasteiger partial charge in [-0.3, -0.25) is 0 Å². The van der Waals surface area contributed by atoms with E-state index in [1.807, 2.05) is 6.07 Å². The number of nitrogen functional groups attached to an aromatic ring is 1. The Morgan fingerprint density at radius 3 is 2.73 bits per heavy atom. The summed E-state index contributed by atoms with van der Waals surface area (Å²) in [5.41, 5.74) is 6.76. The standard InChI is InChI=1S/C10H15NO3S/c11-9-2-1-7(3-10(9)14)5-15-6-8(13)4-12/h1-3,8,12-14H,4-6,11H2. The largest absolute Gasteiger partial charge is 0.506 e. The molecule has 0 amide bonds. The fourth-order valence-electron chi connectivity index (χ4n) is 1.04. The highest BCUT2D eigenvalue weighted by Crippen LogP contribution is 2.23. The van der Waals surface area contributed by atoms with Crippen LogP contribution in [0.5, 0.6) is 5.75 Å². The van der Waals surface area contributed by atoms with Crippen LogP contribution >= 0.6 is 11.8 Å². The number of aromatic hydroxyl groups is 1. The molecular formula is C10H15NO3S. The van der Waals surface area contributed by atoms with Crippen molar-refractivity contribution in [3.05, 3.63) is 23.8 Å². The van der Waals surface area contributed by atoms with Crippen LogP contribution in [-0.4, -0.2) is 33.8 Å². The molecule has 1 unspecified atom stereocenters. The number of benzene rings is 1. The molecule has 0 aliphatic heterocycles. The first-order valence-electron chi connectivity index (χ1n) is 4.57. The van der Waals surface area contributed by atoms with Gasteiger partial charge in [0.1, 0.15) is 5.75 Å². The number of aliphatic hydroxyl groups excluding tert-OH is 2. The summed E-state index contributed by atoms with van der Waals surface area (Å²) in [5.74, 6) is 1.22. The predicted octanol–water partition coefficient (Wildman–Crippen LogP) is 0.561. The number of phenols is 1. The van der Waals surface area contributed by atoms with Gasteiger partial charge in [0.2, 0.25) is 0 Å². The maximum atomic E-state index is 9.33. The Labute approximate surface area is 92.7 Å². The smallest absolute Gasteiger partial charge is 0.138 e. The molecule has 0 aliphatic rings. The average molecular weight is 229 g/mol. The molecule has 1 aromatic rings. The first-order valence-corrected chi connectivity index (χ1v) is 5.73. The van der Waals surface area contributed by atoms with Gasteiger partial charge in [0.05, 0.1) is 18.4 Å². The monoisotopic (exact) mass is 229 g/mol. The predicted molar refractivity (Wildman–Crippen MR) is 61.8 cm³/mol. The number of rotatable bonds is 5. The van der Waals surface area contributed by atoms with Crippen LogP contribution < -0.4 is 5.73 Å². The fourth-order valence-corrected chi connectivity index (χ4v) is 1.96. The van der Waals surface area contributed by atoms with Crippen molar-refractivity contribution in [1.29, 1.82) is 0 Å².